The molecule has 0 bridgehead atoms. The van der Waals surface area contributed by atoms with E-state index in [2.05, 4.69) is 64.7 Å². The predicted molar refractivity (Wildman–Crippen MR) is 140 cm³/mol. The molecule has 0 radical (unpaired) electrons. The second-order valence-electron chi connectivity index (χ2n) is 8.41. The van der Waals surface area contributed by atoms with Crippen LogP contribution in [-0.2, 0) is 4.79 Å². The second kappa shape index (κ2) is 11.4. The lowest BCUT2D eigenvalue weighted by molar-refractivity contribution is -0.111. The van der Waals surface area contributed by atoms with E-state index in [9.17, 15) is 4.79 Å². The van der Waals surface area contributed by atoms with Gasteiger partial charge in [0, 0.05) is 24.2 Å². The molecular weight excluding hydrogens is 424 g/mol. The summed E-state index contributed by atoms with van der Waals surface area (Å²) in [6.45, 7) is 12.1. The van der Waals surface area contributed by atoms with Crippen molar-refractivity contribution in [1.82, 2.24) is 14.9 Å². The summed E-state index contributed by atoms with van der Waals surface area (Å²) in [5.74, 6) is 6.99. The van der Waals surface area contributed by atoms with Gasteiger partial charge in [0.05, 0.1) is 22.3 Å². The molecule has 1 aromatic heterocycles. The number of amides is 1. The molecule has 176 valence electrons. The van der Waals surface area contributed by atoms with E-state index in [1.807, 2.05) is 42.5 Å². The molecule has 0 fully saturated rings. The summed E-state index contributed by atoms with van der Waals surface area (Å²) in [6, 6.07) is 13.5. The van der Waals surface area contributed by atoms with Crippen molar-refractivity contribution < 1.29 is 4.79 Å². The average molecular weight is 457 g/mol. The summed E-state index contributed by atoms with van der Waals surface area (Å²) in [7, 11) is 0. The molecule has 1 amide bonds. The van der Waals surface area contributed by atoms with Gasteiger partial charge in [0.15, 0.2) is 0 Å². The Morgan fingerprint density at radius 1 is 1.21 bits per heavy atom. The number of hydrogen-bond acceptors (Lipinski definition) is 6. The van der Waals surface area contributed by atoms with Crippen LogP contribution in [0.5, 0.6) is 0 Å². The molecule has 0 unspecified atom stereocenters. The van der Waals surface area contributed by atoms with E-state index in [4.69, 9.17) is 5.73 Å². The number of nitrogens with two attached hydrogens (primary N) is 1. The van der Waals surface area contributed by atoms with Crippen LogP contribution < -0.4 is 16.4 Å². The van der Waals surface area contributed by atoms with Crippen molar-refractivity contribution >= 4 is 34.0 Å². The lowest BCUT2D eigenvalue weighted by Gasteiger charge is -2.34. The topological polar surface area (TPSA) is 96.2 Å². The molecule has 7 heteroatoms. The van der Waals surface area contributed by atoms with Crippen LogP contribution in [0.2, 0.25) is 0 Å². The van der Waals surface area contributed by atoms with Crippen LogP contribution in [0.3, 0.4) is 0 Å². The van der Waals surface area contributed by atoms with Crippen molar-refractivity contribution in [2.75, 3.05) is 30.3 Å². The van der Waals surface area contributed by atoms with E-state index in [0.717, 1.165) is 36.1 Å². The van der Waals surface area contributed by atoms with Gasteiger partial charge in [-0.15, -0.1) is 0 Å². The van der Waals surface area contributed by atoms with Gasteiger partial charge in [-0.05, 0) is 57.2 Å². The summed E-state index contributed by atoms with van der Waals surface area (Å²) in [6.07, 6.45) is 3.76. The van der Waals surface area contributed by atoms with Gasteiger partial charge in [-0.2, -0.15) is 0 Å². The summed E-state index contributed by atoms with van der Waals surface area (Å²) in [5, 5.41) is 6.97. The SMILES string of the molecule is C=CC(=O)Nc1cc2c(Nc3ccccc3)ncnc2cc1C#CC(C)(C)N(CCC)CCN. The molecule has 0 atom stereocenters. The van der Waals surface area contributed by atoms with Crippen LogP contribution in [0.15, 0.2) is 61.4 Å². The van der Waals surface area contributed by atoms with Crippen molar-refractivity contribution in [3.05, 3.63) is 67.0 Å². The lowest BCUT2D eigenvalue weighted by atomic mass is 10.0. The Kier molecular flexibility index (Phi) is 8.36. The Balaban J connectivity index is 2.07. The second-order valence-corrected chi connectivity index (χ2v) is 8.41. The van der Waals surface area contributed by atoms with Crippen molar-refractivity contribution in [1.29, 1.82) is 0 Å². The van der Waals surface area contributed by atoms with Crippen molar-refractivity contribution in [3.63, 3.8) is 0 Å². The summed E-state index contributed by atoms with van der Waals surface area (Å²) < 4.78 is 0. The highest BCUT2D eigenvalue weighted by Gasteiger charge is 2.23. The van der Waals surface area contributed by atoms with Crippen LogP contribution in [0.1, 0.15) is 32.8 Å². The minimum Gasteiger partial charge on any atom is -0.340 e. The largest absolute Gasteiger partial charge is 0.340 e. The number of nitrogens with zero attached hydrogens (tertiary/aromatic N) is 3. The molecular formula is C27H32N6O. The molecule has 0 saturated heterocycles. The van der Waals surface area contributed by atoms with Gasteiger partial charge < -0.3 is 16.4 Å². The zero-order chi connectivity index (χ0) is 24.6. The maximum atomic E-state index is 12.2. The number of hydrogen-bond donors (Lipinski definition) is 3. The first kappa shape index (κ1) is 24.9. The minimum absolute atomic E-state index is 0.313. The Morgan fingerprint density at radius 2 is 1.97 bits per heavy atom. The van der Waals surface area contributed by atoms with Crippen molar-refractivity contribution in [2.24, 2.45) is 5.73 Å². The van der Waals surface area contributed by atoms with Gasteiger partial charge in [-0.25, -0.2) is 9.97 Å². The normalized spacial score (nSPS) is 11.1. The molecule has 1 heterocycles. The zero-order valence-corrected chi connectivity index (χ0v) is 20.1. The molecule has 0 aliphatic rings. The number of anilines is 3. The summed E-state index contributed by atoms with van der Waals surface area (Å²) in [5.41, 5.74) is 8.30. The Bertz CT molecular complexity index is 1200. The number of rotatable bonds is 9. The van der Waals surface area contributed by atoms with Gasteiger partial charge >= 0.3 is 0 Å². The Morgan fingerprint density at radius 3 is 2.65 bits per heavy atom. The number of benzene rings is 2. The van der Waals surface area contributed by atoms with E-state index >= 15 is 0 Å². The molecule has 0 saturated carbocycles. The van der Waals surface area contributed by atoms with Gasteiger partial charge in [-0.3, -0.25) is 9.69 Å². The average Bonchev–Trinajstić information content (AvgIpc) is 2.83. The van der Waals surface area contributed by atoms with Crippen LogP contribution in [0.25, 0.3) is 10.9 Å². The summed E-state index contributed by atoms with van der Waals surface area (Å²) >= 11 is 0. The molecule has 2 aromatic carbocycles. The van der Waals surface area contributed by atoms with Crippen LogP contribution in [-0.4, -0.2) is 45.9 Å². The van der Waals surface area contributed by atoms with E-state index in [1.165, 1.54) is 12.4 Å². The monoisotopic (exact) mass is 456 g/mol. The highest BCUT2D eigenvalue weighted by Crippen LogP contribution is 2.29. The number of fused-ring (bicyclic) bond motifs is 1. The van der Waals surface area contributed by atoms with Gasteiger partial charge in [0.25, 0.3) is 0 Å². The molecule has 0 spiro atoms. The third-order valence-electron chi connectivity index (χ3n) is 5.44. The van der Waals surface area contributed by atoms with Crippen molar-refractivity contribution in [3.8, 4) is 11.8 Å². The highest BCUT2D eigenvalue weighted by molar-refractivity contribution is 6.03. The van der Waals surface area contributed by atoms with E-state index in [1.54, 1.807) is 0 Å². The number of aromatic nitrogens is 2. The number of para-hydroxylation sites is 1. The maximum absolute atomic E-state index is 12.2. The quantitative estimate of drug-likeness (QED) is 0.328. The smallest absolute Gasteiger partial charge is 0.247 e. The number of carbonyl (C=O) groups excluding carboxylic acids is 1. The molecule has 3 rings (SSSR count). The van der Waals surface area contributed by atoms with Crippen LogP contribution in [0, 0.1) is 11.8 Å². The standard InChI is InChI=1S/C27H32N6O/c1-5-15-33(16-14-28)27(3,4)13-12-20-17-24-22(18-23(20)32-25(34)6-2)26(30-19-29-24)31-21-10-8-7-9-11-21/h6-11,17-19H,2,5,14-16,28H2,1,3-4H3,(H,32,34)(H,29,30,31). The van der Waals surface area contributed by atoms with Crippen LogP contribution >= 0.6 is 0 Å². The lowest BCUT2D eigenvalue weighted by Crippen LogP contribution is -2.45. The number of nitrogens with one attached hydrogen (secondary N) is 2. The molecule has 0 aliphatic carbocycles. The van der Waals surface area contributed by atoms with Gasteiger partial charge in [-0.1, -0.05) is 43.5 Å². The first-order valence-electron chi connectivity index (χ1n) is 11.4. The summed E-state index contributed by atoms with van der Waals surface area (Å²) in [4.78, 5) is 23.3. The third-order valence-corrected chi connectivity index (χ3v) is 5.44. The Labute approximate surface area is 201 Å². The molecule has 7 nitrogen and oxygen atoms in total. The molecule has 4 N–H and O–H groups in total. The highest BCUT2D eigenvalue weighted by atomic mass is 16.1. The van der Waals surface area contributed by atoms with Crippen LogP contribution in [0.4, 0.5) is 17.2 Å². The van der Waals surface area contributed by atoms with E-state index < -0.39 is 5.54 Å². The molecule has 3 aromatic rings. The third kappa shape index (κ3) is 6.19. The van der Waals surface area contributed by atoms with E-state index in [0.29, 0.717) is 23.6 Å². The van der Waals surface area contributed by atoms with E-state index in [-0.39, 0.29) is 5.91 Å². The zero-order valence-electron chi connectivity index (χ0n) is 20.1. The fourth-order valence-corrected chi connectivity index (χ4v) is 3.65. The Hall–Kier alpha value is -3.73. The van der Waals surface area contributed by atoms with Gasteiger partial charge in [0.1, 0.15) is 12.1 Å². The fraction of sp³-hybridized carbons (Fsp3) is 0.296. The first-order valence-corrected chi connectivity index (χ1v) is 11.4. The van der Waals surface area contributed by atoms with Gasteiger partial charge in [0.2, 0.25) is 5.91 Å². The maximum Gasteiger partial charge on any atom is 0.247 e. The van der Waals surface area contributed by atoms with Crippen molar-refractivity contribution in [2.45, 2.75) is 32.7 Å². The number of carbonyl (C=O) groups is 1. The molecule has 0 aliphatic heterocycles. The molecule has 34 heavy (non-hydrogen) atoms. The predicted octanol–water partition coefficient (Wildman–Crippen LogP) is 4.30. The fourth-order valence-electron chi connectivity index (χ4n) is 3.65. The first-order chi connectivity index (χ1) is 16.4. The minimum atomic E-state index is -0.393.